The zero-order chi connectivity index (χ0) is 8.97. The van der Waals surface area contributed by atoms with E-state index in [4.69, 9.17) is 17.3 Å². The number of rotatable bonds is 3. The Balaban J connectivity index is 2.81. The van der Waals surface area contributed by atoms with Crippen molar-refractivity contribution in [3.63, 3.8) is 0 Å². The lowest BCUT2D eigenvalue weighted by atomic mass is 10.2. The summed E-state index contributed by atoms with van der Waals surface area (Å²) in [5, 5.41) is 3.61. The molecule has 0 unspecified atom stereocenters. The summed E-state index contributed by atoms with van der Waals surface area (Å²) in [5.74, 6) is 0. The van der Waals surface area contributed by atoms with Crippen molar-refractivity contribution in [3.05, 3.63) is 23.0 Å². The maximum absolute atomic E-state index is 5.85. The first-order valence-corrected chi connectivity index (χ1v) is 4.18. The van der Waals surface area contributed by atoms with E-state index >= 15 is 0 Å². The zero-order valence-electron chi connectivity index (χ0n) is 6.97. The van der Waals surface area contributed by atoms with Gasteiger partial charge in [-0.25, -0.2) is 4.98 Å². The number of hydrogen-bond donors (Lipinski definition) is 2. The molecule has 1 aromatic rings. The largest absolute Gasteiger partial charge is 0.381 e. The summed E-state index contributed by atoms with van der Waals surface area (Å²) in [5.41, 5.74) is 7.32. The average molecular weight is 186 g/mol. The molecular formula is C8H12ClN3. The standard InChI is InChI=1S/C8H12ClN3/c1-6-2-4-12-8(9)7(6)11-5-3-10/h2,4,11H,3,5,10H2,1H3. The van der Waals surface area contributed by atoms with E-state index in [0.717, 1.165) is 11.3 Å². The Morgan fingerprint density at radius 1 is 1.67 bits per heavy atom. The number of nitrogens with one attached hydrogen (secondary N) is 1. The third kappa shape index (κ3) is 2.09. The maximum atomic E-state index is 5.85. The van der Waals surface area contributed by atoms with Gasteiger partial charge >= 0.3 is 0 Å². The number of hydrogen-bond acceptors (Lipinski definition) is 3. The van der Waals surface area contributed by atoms with Crippen LogP contribution in [0.25, 0.3) is 0 Å². The quantitative estimate of drug-likeness (QED) is 0.701. The van der Waals surface area contributed by atoms with Gasteiger partial charge in [-0.1, -0.05) is 11.6 Å². The normalized spacial score (nSPS) is 9.92. The summed E-state index contributed by atoms with van der Waals surface area (Å²) >= 11 is 5.85. The van der Waals surface area contributed by atoms with E-state index in [1.165, 1.54) is 0 Å². The van der Waals surface area contributed by atoms with E-state index in [1.807, 2.05) is 13.0 Å². The van der Waals surface area contributed by atoms with Crippen LogP contribution in [0.4, 0.5) is 5.69 Å². The molecule has 0 amide bonds. The fourth-order valence-electron chi connectivity index (χ4n) is 0.935. The topological polar surface area (TPSA) is 50.9 Å². The van der Waals surface area contributed by atoms with Gasteiger partial charge in [-0.05, 0) is 18.6 Å². The molecule has 66 valence electrons. The van der Waals surface area contributed by atoms with Crippen LogP contribution < -0.4 is 11.1 Å². The van der Waals surface area contributed by atoms with E-state index in [0.29, 0.717) is 18.2 Å². The molecule has 0 spiro atoms. The molecule has 3 nitrogen and oxygen atoms in total. The first-order valence-electron chi connectivity index (χ1n) is 3.80. The lowest BCUT2D eigenvalue weighted by Gasteiger charge is -2.08. The van der Waals surface area contributed by atoms with Gasteiger partial charge in [0.25, 0.3) is 0 Å². The molecule has 3 N–H and O–H groups in total. The fourth-order valence-corrected chi connectivity index (χ4v) is 1.21. The second-order valence-corrected chi connectivity index (χ2v) is 2.87. The Morgan fingerprint density at radius 2 is 2.42 bits per heavy atom. The van der Waals surface area contributed by atoms with E-state index < -0.39 is 0 Å². The number of nitrogens with zero attached hydrogens (tertiary/aromatic N) is 1. The number of aryl methyl sites for hydroxylation is 1. The highest BCUT2D eigenvalue weighted by Crippen LogP contribution is 2.21. The first-order chi connectivity index (χ1) is 5.75. The van der Waals surface area contributed by atoms with Gasteiger partial charge in [-0.15, -0.1) is 0 Å². The molecule has 0 saturated heterocycles. The molecule has 1 heterocycles. The number of anilines is 1. The molecule has 0 atom stereocenters. The third-order valence-corrected chi connectivity index (χ3v) is 1.85. The van der Waals surface area contributed by atoms with Crippen molar-refractivity contribution in [2.45, 2.75) is 6.92 Å². The number of nitrogens with two attached hydrogens (primary N) is 1. The van der Waals surface area contributed by atoms with Crippen LogP contribution in [0.3, 0.4) is 0 Å². The molecule has 1 rings (SSSR count). The Hall–Kier alpha value is -0.800. The minimum Gasteiger partial charge on any atom is -0.381 e. The molecule has 0 bridgehead atoms. The summed E-state index contributed by atoms with van der Waals surface area (Å²) in [6, 6.07) is 1.91. The zero-order valence-corrected chi connectivity index (χ0v) is 7.73. The highest BCUT2D eigenvalue weighted by atomic mass is 35.5. The molecule has 12 heavy (non-hydrogen) atoms. The van der Waals surface area contributed by atoms with Gasteiger partial charge in [0.1, 0.15) is 0 Å². The van der Waals surface area contributed by atoms with E-state index in [1.54, 1.807) is 6.20 Å². The number of aromatic nitrogens is 1. The van der Waals surface area contributed by atoms with Crippen molar-refractivity contribution in [1.82, 2.24) is 4.98 Å². The summed E-state index contributed by atoms with van der Waals surface area (Å²) < 4.78 is 0. The Labute approximate surface area is 76.9 Å². The third-order valence-electron chi connectivity index (χ3n) is 1.56. The molecule has 4 heteroatoms. The maximum Gasteiger partial charge on any atom is 0.152 e. The lowest BCUT2D eigenvalue weighted by molar-refractivity contribution is 1.02. The summed E-state index contributed by atoms with van der Waals surface area (Å²) in [6.45, 7) is 3.28. The second-order valence-electron chi connectivity index (χ2n) is 2.51. The summed E-state index contributed by atoms with van der Waals surface area (Å²) in [6.07, 6.45) is 1.69. The molecule has 0 aliphatic rings. The van der Waals surface area contributed by atoms with Crippen molar-refractivity contribution in [3.8, 4) is 0 Å². The van der Waals surface area contributed by atoms with Crippen LogP contribution in [-0.2, 0) is 0 Å². The Morgan fingerprint density at radius 3 is 3.00 bits per heavy atom. The predicted octanol–water partition coefficient (Wildman–Crippen LogP) is 1.41. The van der Waals surface area contributed by atoms with Gasteiger partial charge in [0, 0.05) is 19.3 Å². The van der Waals surface area contributed by atoms with Crippen LogP contribution in [-0.4, -0.2) is 18.1 Å². The molecule has 1 aromatic heterocycles. The number of halogens is 1. The van der Waals surface area contributed by atoms with E-state index in [9.17, 15) is 0 Å². The van der Waals surface area contributed by atoms with Crippen LogP contribution >= 0.6 is 11.6 Å². The second kappa shape index (κ2) is 4.28. The minimum atomic E-state index is 0.503. The monoisotopic (exact) mass is 185 g/mol. The predicted molar refractivity (Wildman–Crippen MR) is 51.5 cm³/mol. The fraction of sp³-hybridized carbons (Fsp3) is 0.375. The summed E-state index contributed by atoms with van der Waals surface area (Å²) in [4.78, 5) is 3.95. The molecule has 0 fully saturated rings. The van der Waals surface area contributed by atoms with Crippen LogP contribution in [0.15, 0.2) is 12.3 Å². The van der Waals surface area contributed by atoms with Gasteiger partial charge < -0.3 is 11.1 Å². The van der Waals surface area contributed by atoms with Crippen molar-refractivity contribution in [1.29, 1.82) is 0 Å². The Bertz CT molecular complexity index is 242. The van der Waals surface area contributed by atoms with E-state index in [-0.39, 0.29) is 0 Å². The highest BCUT2D eigenvalue weighted by molar-refractivity contribution is 6.32. The van der Waals surface area contributed by atoms with Gasteiger partial charge in [0.15, 0.2) is 5.15 Å². The molecule has 0 aromatic carbocycles. The number of pyridine rings is 1. The van der Waals surface area contributed by atoms with Gasteiger partial charge in [0.05, 0.1) is 5.69 Å². The van der Waals surface area contributed by atoms with Crippen molar-refractivity contribution in [2.75, 3.05) is 18.4 Å². The van der Waals surface area contributed by atoms with Gasteiger partial charge in [-0.2, -0.15) is 0 Å². The Kier molecular flexibility index (Phi) is 3.31. The summed E-state index contributed by atoms with van der Waals surface area (Å²) in [7, 11) is 0. The van der Waals surface area contributed by atoms with E-state index in [2.05, 4.69) is 10.3 Å². The smallest absolute Gasteiger partial charge is 0.152 e. The molecule has 0 aliphatic heterocycles. The van der Waals surface area contributed by atoms with Crippen molar-refractivity contribution >= 4 is 17.3 Å². The van der Waals surface area contributed by atoms with Gasteiger partial charge in [0.2, 0.25) is 0 Å². The van der Waals surface area contributed by atoms with Crippen LogP contribution in [0, 0.1) is 6.92 Å². The molecule has 0 radical (unpaired) electrons. The SMILES string of the molecule is Cc1ccnc(Cl)c1NCCN. The van der Waals surface area contributed by atoms with Crippen molar-refractivity contribution in [2.24, 2.45) is 5.73 Å². The molecule has 0 saturated carbocycles. The highest BCUT2D eigenvalue weighted by Gasteiger charge is 2.02. The van der Waals surface area contributed by atoms with Crippen LogP contribution in [0.2, 0.25) is 5.15 Å². The van der Waals surface area contributed by atoms with Crippen molar-refractivity contribution < 1.29 is 0 Å². The van der Waals surface area contributed by atoms with Gasteiger partial charge in [-0.3, -0.25) is 0 Å². The first kappa shape index (κ1) is 9.29. The average Bonchev–Trinajstić information content (AvgIpc) is 2.04. The lowest BCUT2D eigenvalue weighted by Crippen LogP contribution is -2.14. The molecular weight excluding hydrogens is 174 g/mol. The van der Waals surface area contributed by atoms with Crippen LogP contribution in [0.1, 0.15) is 5.56 Å². The van der Waals surface area contributed by atoms with Crippen LogP contribution in [0.5, 0.6) is 0 Å². The molecule has 0 aliphatic carbocycles. The minimum absolute atomic E-state index is 0.503.